The summed E-state index contributed by atoms with van der Waals surface area (Å²) in [4.78, 5) is 0. The SMILES string of the molecule is OCc1cn(C2CCOC3(CCSC3)C2)nn1. The molecular weight excluding hydrogens is 238 g/mol. The van der Waals surface area contributed by atoms with Crippen molar-refractivity contribution in [3.05, 3.63) is 11.9 Å². The van der Waals surface area contributed by atoms with Crippen molar-refractivity contribution >= 4 is 11.8 Å². The van der Waals surface area contributed by atoms with Crippen molar-refractivity contribution in [2.24, 2.45) is 0 Å². The van der Waals surface area contributed by atoms with E-state index in [9.17, 15) is 0 Å². The summed E-state index contributed by atoms with van der Waals surface area (Å²) in [5.41, 5.74) is 0.713. The number of rotatable bonds is 2. The first-order valence-electron chi connectivity index (χ1n) is 6.05. The van der Waals surface area contributed by atoms with E-state index in [4.69, 9.17) is 9.84 Å². The molecule has 0 amide bonds. The van der Waals surface area contributed by atoms with Crippen LogP contribution in [0.2, 0.25) is 0 Å². The van der Waals surface area contributed by atoms with Crippen LogP contribution in [0.5, 0.6) is 0 Å². The Morgan fingerprint density at radius 1 is 1.65 bits per heavy atom. The molecule has 2 aliphatic heterocycles. The lowest BCUT2D eigenvalue weighted by molar-refractivity contribution is -0.0780. The number of aliphatic hydroxyl groups is 1. The van der Waals surface area contributed by atoms with Crippen molar-refractivity contribution in [3.8, 4) is 0 Å². The number of ether oxygens (including phenoxy) is 1. The highest BCUT2D eigenvalue weighted by molar-refractivity contribution is 7.99. The zero-order valence-electron chi connectivity index (χ0n) is 9.71. The van der Waals surface area contributed by atoms with Crippen LogP contribution in [0.4, 0.5) is 0 Å². The van der Waals surface area contributed by atoms with Crippen LogP contribution in [0.3, 0.4) is 0 Å². The minimum absolute atomic E-state index is 0.0375. The highest BCUT2D eigenvalue weighted by Crippen LogP contribution is 2.41. The van der Waals surface area contributed by atoms with Crippen LogP contribution in [0.1, 0.15) is 31.0 Å². The molecule has 2 atom stereocenters. The summed E-state index contributed by atoms with van der Waals surface area (Å²) in [6, 6.07) is 0.371. The van der Waals surface area contributed by atoms with E-state index in [0.717, 1.165) is 31.6 Å². The Morgan fingerprint density at radius 2 is 2.59 bits per heavy atom. The fourth-order valence-electron chi connectivity index (χ4n) is 2.66. The van der Waals surface area contributed by atoms with Gasteiger partial charge in [-0.1, -0.05) is 5.21 Å². The molecule has 6 heteroatoms. The molecule has 2 saturated heterocycles. The molecule has 3 heterocycles. The van der Waals surface area contributed by atoms with Crippen LogP contribution in [-0.4, -0.2) is 43.8 Å². The summed E-state index contributed by atoms with van der Waals surface area (Å²) < 4.78 is 7.88. The second-order valence-electron chi connectivity index (χ2n) is 4.83. The van der Waals surface area contributed by atoms with Crippen LogP contribution in [0.15, 0.2) is 6.20 Å². The molecule has 3 rings (SSSR count). The number of nitrogens with zero attached hydrogens (tertiary/aromatic N) is 3. The Morgan fingerprint density at radius 3 is 3.29 bits per heavy atom. The fraction of sp³-hybridized carbons (Fsp3) is 0.818. The number of aromatic nitrogens is 3. The molecule has 0 radical (unpaired) electrons. The van der Waals surface area contributed by atoms with Crippen molar-refractivity contribution in [3.63, 3.8) is 0 Å². The third kappa shape index (κ3) is 2.21. The van der Waals surface area contributed by atoms with Crippen LogP contribution in [0, 0.1) is 0 Å². The van der Waals surface area contributed by atoms with Crippen molar-refractivity contribution in [2.75, 3.05) is 18.1 Å². The number of thioether (sulfide) groups is 1. The Balaban J connectivity index is 1.74. The number of aliphatic hydroxyl groups excluding tert-OH is 1. The number of hydrogen-bond donors (Lipinski definition) is 1. The first-order chi connectivity index (χ1) is 8.31. The summed E-state index contributed by atoms with van der Waals surface area (Å²) in [7, 11) is 0. The van der Waals surface area contributed by atoms with E-state index in [-0.39, 0.29) is 12.2 Å². The summed E-state index contributed by atoms with van der Waals surface area (Å²) in [6.07, 6.45) is 5.01. The topological polar surface area (TPSA) is 60.2 Å². The van der Waals surface area contributed by atoms with Crippen molar-refractivity contribution in [1.82, 2.24) is 15.0 Å². The molecule has 0 aliphatic carbocycles. The zero-order valence-corrected chi connectivity index (χ0v) is 10.5. The van der Waals surface area contributed by atoms with Crippen LogP contribution in [-0.2, 0) is 11.3 Å². The van der Waals surface area contributed by atoms with Gasteiger partial charge in [0.2, 0.25) is 0 Å². The van der Waals surface area contributed by atoms with Crippen LogP contribution < -0.4 is 0 Å². The van der Waals surface area contributed by atoms with Crippen molar-refractivity contribution < 1.29 is 9.84 Å². The average molecular weight is 255 g/mol. The second kappa shape index (κ2) is 4.59. The average Bonchev–Trinajstić information content (AvgIpc) is 2.99. The monoisotopic (exact) mass is 255 g/mol. The molecule has 0 saturated carbocycles. The second-order valence-corrected chi connectivity index (χ2v) is 5.93. The minimum Gasteiger partial charge on any atom is -0.390 e. The third-order valence-electron chi connectivity index (χ3n) is 3.63. The first-order valence-corrected chi connectivity index (χ1v) is 7.20. The minimum atomic E-state index is -0.0375. The summed E-state index contributed by atoms with van der Waals surface area (Å²) >= 11 is 1.98. The zero-order chi connectivity index (χ0) is 11.7. The molecule has 17 heavy (non-hydrogen) atoms. The van der Waals surface area contributed by atoms with E-state index < -0.39 is 0 Å². The normalized spacial score (nSPS) is 33.4. The molecule has 1 aromatic rings. The van der Waals surface area contributed by atoms with E-state index in [1.807, 2.05) is 22.6 Å². The lowest BCUT2D eigenvalue weighted by atomic mass is 9.90. The third-order valence-corrected chi connectivity index (χ3v) is 4.85. The van der Waals surface area contributed by atoms with Gasteiger partial charge in [-0.25, -0.2) is 4.68 Å². The molecule has 2 aliphatic rings. The van der Waals surface area contributed by atoms with Gasteiger partial charge in [0.05, 0.1) is 24.4 Å². The van der Waals surface area contributed by atoms with Crippen molar-refractivity contribution in [2.45, 2.75) is 37.5 Å². The molecule has 94 valence electrons. The molecule has 2 unspecified atom stereocenters. The van der Waals surface area contributed by atoms with Gasteiger partial charge in [-0.05, 0) is 25.0 Å². The lowest BCUT2D eigenvalue weighted by Gasteiger charge is -2.37. The highest BCUT2D eigenvalue weighted by Gasteiger charge is 2.41. The molecule has 1 aromatic heterocycles. The molecule has 1 spiro atoms. The lowest BCUT2D eigenvalue weighted by Crippen LogP contribution is -2.40. The molecule has 0 bridgehead atoms. The van der Waals surface area contributed by atoms with E-state index in [1.165, 1.54) is 5.75 Å². The van der Waals surface area contributed by atoms with E-state index >= 15 is 0 Å². The maximum absolute atomic E-state index is 9.01. The smallest absolute Gasteiger partial charge is 0.108 e. The molecule has 1 N–H and O–H groups in total. The first kappa shape index (κ1) is 11.5. The Hall–Kier alpha value is -0.590. The predicted molar refractivity (Wildman–Crippen MR) is 64.8 cm³/mol. The van der Waals surface area contributed by atoms with E-state index in [0.29, 0.717) is 11.7 Å². The van der Waals surface area contributed by atoms with Gasteiger partial charge < -0.3 is 9.84 Å². The molecule has 2 fully saturated rings. The standard InChI is InChI=1S/C11H17N3O2S/c15-7-9-6-14(13-12-9)10-1-3-16-11(5-10)2-4-17-8-11/h6,10,15H,1-5,7-8H2. The van der Waals surface area contributed by atoms with Gasteiger partial charge in [0, 0.05) is 12.4 Å². The maximum Gasteiger partial charge on any atom is 0.108 e. The van der Waals surface area contributed by atoms with Gasteiger partial charge in [-0.2, -0.15) is 11.8 Å². The largest absolute Gasteiger partial charge is 0.390 e. The van der Waals surface area contributed by atoms with Crippen LogP contribution in [0.25, 0.3) is 0 Å². The van der Waals surface area contributed by atoms with Gasteiger partial charge >= 0.3 is 0 Å². The molecular formula is C11H17N3O2S. The number of hydrogen-bond acceptors (Lipinski definition) is 5. The summed E-state index contributed by atoms with van der Waals surface area (Å²) in [5, 5.41) is 17.1. The van der Waals surface area contributed by atoms with E-state index in [1.54, 1.807) is 0 Å². The van der Waals surface area contributed by atoms with Gasteiger partial charge in [0.25, 0.3) is 0 Å². The van der Waals surface area contributed by atoms with Gasteiger partial charge in [0.1, 0.15) is 5.69 Å². The van der Waals surface area contributed by atoms with E-state index in [2.05, 4.69) is 10.3 Å². The summed E-state index contributed by atoms with van der Waals surface area (Å²) in [6.45, 7) is 0.768. The highest BCUT2D eigenvalue weighted by atomic mass is 32.2. The van der Waals surface area contributed by atoms with Crippen LogP contribution >= 0.6 is 11.8 Å². The molecule has 0 aromatic carbocycles. The Labute approximate surface area is 105 Å². The maximum atomic E-state index is 9.01. The van der Waals surface area contributed by atoms with Gasteiger partial charge in [0.15, 0.2) is 0 Å². The Kier molecular flexibility index (Phi) is 3.10. The quantitative estimate of drug-likeness (QED) is 0.854. The predicted octanol–water partition coefficient (Wildman–Crippen LogP) is 0.998. The van der Waals surface area contributed by atoms with Crippen molar-refractivity contribution in [1.29, 1.82) is 0 Å². The van der Waals surface area contributed by atoms with Gasteiger partial charge in [-0.15, -0.1) is 5.10 Å². The molecule has 5 nitrogen and oxygen atoms in total. The van der Waals surface area contributed by atoms with Gasteiger partial charge in [-0.3, -0.25) is 0 Å². The Bertz CT molecular complexity index is 390. The fourth-order valence-corrected chi connectivity index (χ4v) is 4.03. The summed E-state index contributed by atoms with van der Waals surface area (Å²) in [5.74, 6) is 2.30.